The number of hydrogen-bond donors (Lipinski definition) is 4. The van der Waals surface area contributed by atoms with E-state index in [0.717, 1.165) is 0 Å². The van der Waals surface area contributed by atoms with Crippen molar-refractivity contribution in [3.05, 3.63) is 34.7 Å². The lowest BCUT2D eigenvalue weighted by molar-refractivity contribution is -0.117. The summed E-state index contributed by atoms with van der Waals surface area (Å²) in [6.07, 6.45) is -4.89. The molecule has 2 heterocycles. The van der Waals surface area contributed by atoms with Crippen LogP contribution in [-0.2, 0) is 4.74 Å². The summed E-state index contributed by atoms with van der Waals surface area (Å²) in [6, 6.07) is 5.32. The fourth-order valence-corrected chi connectivity index (χ4v) is 2.27. The molecule has 1 aliphatic rings. The van der Waals surface area contributed by atoms with E-state index < -0.39 is 36.8 Å². The summed E-state index contributed by atoms with van der Waals surface area (Å²) in [5.74, 6) is -0.337. The Hall–Kier alpha value is -2.13. The highest BCUT2D eigenvalue weighted by Crippen LogP contribution is 2.34. The minimum atomic E-state index is -1.37. The van der Waals surface area contributed by atoms with E-state index in [2.05, 4.69) is 0 Å². The molecule has 1 aromatic heterocycles. The van der Waals surface area contributed by atoms with Gasteiger partial charge in [0.2, 0.25) is 6.29 Å². The molecule has 4 N–H and O–H groups in total. The van der Waals surface area contributed by atoms with E-state index in [9.17, 15) is 20.1 Å². The Morgan fingerprint density at radius 1 is 1.18 bits per heavy atom. The van der Waals surface area contributed by atoms with E-state index in [1.54, 1.807) is 0 Å². The van der Waals surface area contributed by atoms with E-state index in [1.165, 1.54) is 24.3 Å². The minimum Gasteiger partial charge on any atom is -0.504 e. The Balaban J connectivity index is 1.89. The zero-order chi connectivity index (χ0) is 15.9. The van der Waals surface area contributed by atoms with Crippen LogP contribution in [0.25, 0.3) is 11.0 Å². The molecule has 1 fully saturated rings. The normalized spacial score (nSPS) is 28.1. The van der Waals surface area contributed by atoms with Crippen LogP contribution in [0.5, 0.6) is 11.5 Å². The Bertz CT molecular complexity index is 739. The van der Waals surface area contributed by atoms with E-state index in [4.69, 9.17) is 19.0 Å². The molecule has 8 nitrogen and oxygen atoms in total. The van der Waals surface area contributed by atoms with Gasteiger partial charge in [-0.05, 0) is 12.1 Å². The number of aliphatic hydroxyl groups excluding tert-OH is 3. The van der Waals surface area contributed by atoms with Gasteiger partial charge in [-0.25, -0.2) is 4.79 Å². The predicted molar refractivity (Wildman–Crippen MR) is 72.5 cm³/mol. The molecule has 3 rings (SSSR count). The summed E-state index contributed by atoms with van der Waals surface area (Å²) in [6.45, 7) is -0.479. The molecule has 0 bridgehead atoms. The lowest BCUT2D eigenvalue weighted by atomic mass is 10.1. The van der Waals surface area contributed by atoms with Crippen molar-refractivity contribution < 1.29 is 34.3 Å². The van der Waals surface area contributed by atoms with Gasteiger partial charge in [-0.2, -0.15) is 0 Å². The summed E-state index contributed by atoms with van der Waals surface area (Å²) in [7, 11) is 0. The van der Waals surface area contributed by atoms with Crippen LogP contribution in [0.2, 0.25) is 0 Å². The fourth-order valence-electron chi connectivity index (χ4n) is 2.27. The molecule has 0 saturated carbocycles. The molecule has 1 aliphatic heterocycles. The van der Waals surface area contributed by atoms with Gasteiger partial charge < -0.3 is 34.3 Å². The van der Waals surface area contributed by atoms with Gasteiger partial charge in [0.25, 0.3) is 0 Å². The smallest absolute Gasteiger partial charge is 0.336 e. The summed E-state index contributed by atoms with van der Waals surface area (Å²) in [4.78, 5) is 11.1. The molecule has 2 aromatic rings. The molecule has 0 amide bonds. The molecule has 22 heavy (non-hydrogen) atoms. The molecule has 1 saturated heterocycles. The molecule has 0 unspecified atom stereocenters. The second-order valence-corrected chi connectivity index (χ2v) is 4.94. The van der Waals surface area contributed by atoms with Crippen LogP contribution < -0.4 is 10.4 Å². The van der Waals surface area contributed by atoms with E-state index in [1.807, 2.05) is 0 Å². The van der Waals surface area contributed by atoms with E-state index >= 15 is 0 Å². The quantitative estimate of drug-likeness (QED) is 0.549. The van der Waals surface area contributed by atoms with Gasteiger partial charge >= 0.3 is 5.63 Å². The zero-order valence-corrected chi connectivity index (χ0v) is 11.2. The number of phenols is 1. The summed E-state index contributed by atoms with van der Waals surface area (Å²) in [5, 5.41) is 38.9. The van der Waals surface area contributed by atoms with Crippen LogP contribution >= 0.6 is 0 Å². The van der Waals surface area contributed by atoms with Crippen LogP contribution in [0.1, 0.15) is 0 Å². The van der Waals surface area contributed by atoms with Gasteiger partial charge in [0.1, 0.15) is 23.9 Å². The lowest BCUT2D eigenvalue weighted by Crippen LogP contribution is -2.35. The van der Waals surface area contributed by atoms with Crippen LogP contribution in [0, 0.1) is 0 Å². The maximum Gasteiger partial charge on any atom is 0.336 e. The molecule has 1 aromatic carbocycles. The van der Waals surface area contributed by atoms with Crippen LogP contribution in [-0.4, -0.2) is 51.6 Å². The molecule has 0 spiro atoms. The zero-order valence-electron chi connectivity index (χ0n) is 11.2. The Labute approximate surface area is 123 Å². The number of phenolic OH excluding ortho intramolecular Hbond substituents is 1. The molecular weight excluding hydrogens is 296 g/mol. The maximum absolute atomic E-state index is 11.1. The molecule has 0 radical (unpaired) electrons. The first kappa shape index (κ1) is 14.8. The number of ether oxygens (including phenoxy) is 2. The summed E-state index contributed by atoms with van der Waals surface area (Å²) >= 11 is 0. The van der Waals surface area contributed by atoms with Crippen molar-refractivity contribution in [3.8, 4) is 11.5 Å². The Morgan fingerprint density at radius 2 is 1.95 bits per heavy atom. The SMILES string of the molecule is O=c1ccc2cc(O[C@@H]3O[C@H](CO)[C@@H](O)[C@H]3O)c(O)cc2o1. The number of benzene rings is 1. The maximum atomic E-state index is 11.1. The van der Waals surface area contributed by atoms with Gasteiger partial charge in [-0.15, -0.1) is 0 Å². The third kappa shape index (κ3) is 2.53. The highest BCUT2D eigenvalue weighted by molar-refractivity contribution is 5.80. The molecule has 4 atom stereocenters. The first-order chi connectivity index (χ1) is 10.5. The van der Waals surface area contributed by atoms with Crippen LogP contribution in [0.4, 0.5) is 0 Å². The first-order valence-electron chi connectivity index (χ1n) is 6.55. The topological polar surface area (TPSA) is 130 Å². The average Bonchev–Trinajstić information content (AvgIpc) is 2.76. The van der Waals surface area contributed by atoms with Gasteiger partial charge in [-0.3, -0.25) is 0 Å². The number of fused-ring (bicyclic) bond motifs is 1. The Kier molecular flexibility index (Phi) is 3.75. The largest absolute Gasteiger partial charge is 0.504 e. The fraction of sp³-hybridized carbons (Fsp3) is 0.357. The second kappa shape index (κ2) is 5.58. The van der Waals surface area contributed by atoms with Gasteiger partial charge in [0.15, 0.2) is 11.5 Å². The highest BCUT2D eigenvalue weighted by Gasteiger charge is 2.44. The monoisotopic (exact) mass is 310 g/mol. The third-order valence-corrected chi connectivity index (χ3v) is 3.44. The van der Waals surface area contributed by atoms with Crippen molar-refractivity contribution in [2.75, 3.05) is 6.61 Å². The van der Waals surface area contributed by atoms with Crippen molar-refractivity contribution in [1.82, 2.24) is 0 Å². The molecule has 118 valence electrons. The van der Waals surface area contributed by atoms with Gasteiger partial charge in [0.05, 0.1) is 6.61 Å². The highest BCUT2D eigenvalue weighted by atomic mass is 16.7. The summed E-state index contributed by atoms with van der Waals surface area (Å²) in [5.41, 5.74) is -0.373. The number of aliphatic hydroxyl groups is 3. The van der Waals surface area contributed by atoms with Crippen molar-refractivity contribution in [2.24, 2.45) is 0 Å². The lowest BCUT2D eigenvalue weighted by Gasteiger charge is -2.17. The number of rotatable bonds is 3. The van der Waals surface area contributed by atoms with Crippen LogP contribution in [0.3, 0.4) is 0 Å². The summed E-state index contributed by atoms with van der Waals surface area (Å²) < 4.78 is 15.4. The Morgan fingerprint density at radius 3 is 2.64 bits per heavy atom. The molecular formula is C14H14O8. The number of hydrogen-bond acceptors (Lipinski definition) is 8. The van der Waals surface area contributed by atoms with Crippen molar-refractivity contribution in [1.29, 1.82) is 0 Å². The molecule has 8 heteroatoms. The molecule has 0 aliphatic carbocycles. The van der Waals surface area contributed by atoms with E-state index in [0.29, 0.717) is 5.39 Å². The number of aromatic hydroxyl groups is 1. The average molecular weight is 310 g/mol. The minimum absolute atomic E-state index is 0.0174. The van der Waals surface area contributed by atoms with Crippen molar-refractivity contribution >= 4 is 11.0 Å². The van der Waals surface area contributed by atoms with Crippen molar-refractivity contribution in [2.45, 2.75) is 24.6 Å². The first-order valence-corrected chi connectivity index (χ1v) is 6.55. The standard InChI is InChI=1S/C14H14O8/c15-5-10-12(18)13(19)14(22-10)21-9-3-6-1-2-11(17)20-8(6)4-7(9)16/h1-4,10,12-16,18-19H,5H2/t10-,12-,13-,14-/m1/s1. The van der Waals surface area contributed by atoms with Gasteiger partial charge in [0, 0.05) is 17.5 Å². The third-order valence-electron chi connectivity index (χ3n) is 3.44. The predicted octanol–water partition coefficient (Wildman–Crippen LogP) is -0.684. The van der Waals surface area contributed by atoms with Crippen molar-refractivity contribution in [3.63, 3.8) is 0 Å². The van der Waals surface area contributed by atoms with E-state index in [-0.39, 0.29) is 17.1 Å². The van der Waals surface area contributed by atoms with Gasteiger partial charge in [-0.1, -0.05) is 0 Å². The van der Waals surface area contributed by atoms with Crippen LogP contribution in [0.15, 0.2) is 33.5 Å². The second-order valence-electron chi connectivity index (χ2n) is 4.94.